The molecular formula is C11H14ClN5S. The van der Waals surface area contributed by atoms with Gasteiger partial charge in [0.25, 0.3) is 0 Å². The molecule has 2 heterocycles. The van der Waals surface area contributed by atoms with E-state index in [4.69, 9.17) is 29.6 Å². The van der Waals surface area contributed by atoms with Gasteiger partial charge in [-0.3, -0.25) is 4.68 Å². The number of hydrogen-bond acceptors (Lipinski definition) is 3. The molecule has 2 rings (SSSR count). The number of nitrogens with zero attached hydrogens (tertiary/aromatic N) is 4. The van der Waals surface area contributed by atoms with Crippen LogP contribution < -0.4 is 5.73 Å². The van der Waals surface area contributed by atoms with Crippen LogP contribution in [0.1, 0.15) is 24.1 Å². The average molecular weight is 284 g/mol. The van der Waals surface area contributed by atoms with Gasteiger partial charge >= 0.3 is 0 Å². The number of rotatable bonds is 4. The SMILES string of the molecule is CCc1nn(C)c(Cn2ccnc2C(N)=S)c1Cl. The molecule has 5 nitrogen and oxygen atoms in total. The Morgan fingerprint density at radius 3 is 2.83 bits per heavy atom. The predicted molar refractivity (Wildman–Crippen MR) is 74.8 cm³/mol. The quantitative estimate of drug-likeness (QED) is 0.864. The Labute approximate surface area is 116 Å². The summed E-state index contributed by atoms with van der Waals surface area (Å²) in [5.41, 5.74) is 7.43. The van der Waals surface area contributed by atoms with Crippen LogP contribution in [-0.2, 0) is 20.0 Å². The molecule has 0 spiro atoms. The largest absolute Gasteiger partial charge is 0.387 e. The van der Waals surface area contributed by atoms with E-state index in [0.717, 1.165) is 17.8 Å². The van der Waals surface area contributed by atoms with Crippen LogP contribution in [0, 0.1) is 0 Å². The number of aromatic nitrogens is 4. The number of hydrogen-bond donors (Lipinski definition) is 1. The molecule has 2 aromatic rings. The number of halogens is 1. The van der Waals surface area contributed by atoms with Crippen molar-refractivity contribution in [3.63, 3.8) is 0 Å². The van der Waals surface area contributed by atoms with Crippen molar-refractivity contribution in [1.82, 2.24) is 19.3 Å². The van der Waals surface area contributed by atoms with Gasteiger partial charge in [-0.25, -0.2) is 4.98 Å². The fraction of sp³-hybridized carbons (Fsp3) is 0.364. The van der Waals surface area contributed by atoms with Gasteiger partial charge in [0.05, 0.1) is 23.0 Å². The van der Waals surface area contributed by atoms with Crippen molar-refractivity contribution in [2.24, 2.45) is 12.8 Å². The summed E-state index contributed by atoms with van der Waals surface area (Å²) in [4.78, 5) is 4.39. The molecule has 7 heteroatoms. The maximum Gasteiger partial charge on any atom is 0.167 e. The standard InChI is InChI=1S/C11H14ClN5S/c1-3-7-9(12)8(16(2)15-7)6-17-5-4-14-11(17)10(13)18/h4-5H,3,6H2,1-2H3,(H2,13,18). The van der Waals surface area contributed by atoms with Crippen molar-refractivity contribution in [3.8, 4) is 0 Å². The molecule has 0 saturated heterocycles. The lowest BCUT2D eigenvalue weighted by molar-refractivity contribution is 0.658. The molecule has 0 bridgehead atoms. The number of imidazole rings is 1. The minimum atomic E-state index is 0.272. The van der Waals surface area contributed by atoms with Crippen molar-refractivity contribution < 1.29 is 0 Å². The van der Waals surface area contributed by atoms with E-state index in [-0.39, 0.29) is 4.99 Å². The summed E-state index contributed by atoms with van der Waals surface area (Å²) in [7, 11) is 1.87. The first-order valence-corrected chi connectivity index (χ1v) is 6.34. The Hall–Kier alpha value is -1.40. The molecule has 96 valence electrons. The molecule has 0 aromatic carbocycles. The summed E-state index contributed by atoms with van der Waals surface area (Å²) in [6.07, 6.45) is 4.29. The van der Waals surface area contributed by atoms with E-state index < -0.39 is 0 Å². The van der Waals surface area contributed by atoms with Crippen LogP contribution in [-0.4, -0.2) is 24.3 Å². The van der Waals surface area contributed by atoms with Gasteiger partial charge in [-0.2, -0.15) is 5.10 Å². The average Bonchev–Trinajstić information content (AvgIpc) is 2.88. The Morgan fingerprint density at radius 2 is 2.28 bits per heavy atom. The molecule has 0 radical (unpaired) electrons. The molecule has 0 fully saturated rings. The van der Waals surface area contributed by atoms with Gasteiger partial charge in [-0.05, 0) is 6.42 Å². The third-order valence-corrected chi connectivity index (χ3v) is 3.38. The first-order valence-electron chi connectivity index (χ1n) is 5.55. The van der Waals surface area contributed by atoms with E-state index in [1.165, 1.54) is 0 Å². The van der Waals surface area contributed by atoms with Gasteiger partial charge in [0.15, 0.2) is 5.82 Å². The zero-order chi connectivity index (χ0) is 13.3. The van der Waals surface area contributed by atoms with E-state index >= 15 is 0 Å². The predicted octanol–water partition coefficient (Wildman–Crippen LogP) is 1.51. The molecule has 0 aliphatic carbocycles. The zero-order valence-electron chi connectivity index (χ0n) is 10.2. The topological polar surface area (TPSA) is 61.7 Å². The molecule has 0 atom stereocenters. The van der Waals surface area contributed by atoms with Crippen molar-refractivity contribution in [3.05, 3.63) is 34.6 Å². The summed E-state index contributed by atoms with van der Waals surface area (Å²) in [5.74, 6) is 0.584. The summed E-state index contributed by atoms with van der Waals surface area (Å²) >= 11 is 11.2. The monoisotopic (exact) mass is 283 g/mol. The first kappa shape index (κ1) is 13.0. The maximum absolute atomic E-state index is 6.30. The number of thiocarbonyl (C=S) groups is 1. The van der Waals surface area contributed by atoms with Gasteiger partial charge in [0.2, 0.25) is 0 Å². The fourth-order valence-electron chi connectivity index (χ4n) is 1.81. The van der Waals surface area contributed by atoms with Crippen LogP contribution in [0.3, 0.4) is 0 Å². The van der Waals surface area contributed by atoms with Crippen LogP contribution in [0.15, 0.2) is 12.4 Å². The molecule has 0 saturated carbocycles. The summed E-state index contributed by atoms with van der Waals surface area (Å²) in [6.45, 7) is 2.57. The van der Waals surface area contributed by atoms with Crippen molar-refractivity contribution in [2.45, 2.75) is 19.9 Å². The second-order valence-corrected chi connectivity index (χ2v) is 4.75. The van der Waals surface area contributed by atoms with Crippen LogP contribution in [0.25, 0.3) is 0 Å². The van der Waals surface area contributed by atoms with E-state index in [9.17, 15) is 0 Å². The van der Waals surface area contributed by atoms with E-state index in [1.54, 1.807) is 10.9 Å². The lowest BCUT2D eigenvalue weighted by Gasteiger charge is -2.07. The highest BCUT2D eigenvalue weighted by molar-refractivity contribution is 7.80. The van der Waals surface area contributed by atoms with Crippen molar-refractivity contribution in [2.75, 3.05) is 0 Å². The fourth-order valence-corrected chi connectivity index (χ4v) is 2.34. The first-order chi connectivity index (χ1) is 8.54. The Balaban J connectivity index is 2.37. The van der Waals surface area contributed by atoms with E-state index in [1.807, 2.05) is 24.7 Å². The molecule has 0 amide bonds. The number of aryl methyl sites for hydroxylation is 2. The van der Waals surface area contributed by atoms with E-state index in [0.29, 0.717) is 17.4 Å². The van der Waals surface area contributed by atoms with Gasteiger partial charge < -0.3 is 10.3 Å². The van der Waals surface area contributed by atoms with Gasteiger partial charge in [-0.1, -0.05) is 30.7 Å². The molecule has 2 N–H and O–H groups in total. The highest BCUT2D eigenvalue weighted by atomic mass is 35.5. The Morgan fingerprint density at radius 1 is 1.56 bits per heavy atom. The van der Waals surface area contributed by atoms with Gasteiger partial charge in [0.1, 0.15) is 4.99 Å². The normalized spacial score (nSPS) is 10.8. The second kappa shape index (κ2) is 5.07. The van der Waals surface area contributed by atoms with Gasteiger partial charge in [0, 0.05) is 19.4 Å². The smallest absolute Gasteiger partial charge is 0.167 e. The van der Waals surface area contributed by atoms with Crippen LogP contribution >= 0.6 is 23.8 Å². The maximum atomic E-state index is 6.30. The molecule has 0 unspecified atom stereocenters. The van der Waals surface area contributed by atoms with Crippen molar-refractivity contribution >= 4 is 28.8 Å². The third kappa shape index (κ3) is 2.26. The highest BCUT2D eigenvalue weighted by Gasteiger charge is 2.15. The van der Waals surface area contributed by atoms with Crippen LogP contribution in [0.2, 0.25) is 5.02 Å². The second-order valence-electron chi connectivity index (χ2n) is 3.93. The lowest BCUT2D eigenvalue weighted by Crippen LogP contribution is -2.18. The van der Waals surface area contributed by atoms with Crippen molar-refractivity contribution in [1.29, 1.82) is 0 Å². The molecule has 0 aliphatic heterocycles. The Bertz CT molecular complexity index is 586. The Kier molecular flexibility index (Phi) is 3.68. The summed E-state index contributed by atoms with van der Waals surface area (Å²) in [6, 6.07) is 0. The summed E-state index contributed by atoms with van der Waals surface area (Å²) < 4.78 is 3.65. The van der Waals surface area contributed by atoms with Crippen LogP contribution in [0.5, 0.6) is 0 Å². The van der Waals surface area contributed by atoms with Gasteiger partial charge in [-0.15, -0.1) is 0 Å². The molecule has 0 aliphatic rings. The molecule has 2 aromatic heterocycles. The minimum absolute atomic E-state index is 0.272. The third-order valence-electron chi connectivity index (χ3n) is 2.76. The summed E-state index contributed by atoms with van der Waals surface area (Å²) in [5, 5.41) is 5.07. The number of nitrogens with two attached hydrogens (primary N) is 1. The van der Waals surface area contributed by atoms with Crippen LogP contribution in [0.4, 0.5) is 0 Å². The lowest BCUT2D eigenvalue weighted by atomic mass is 10.3. The van der Waals surface area contributed by atoms with E-state index in [2.05, 4.69) is 10.1 Å². The molecular weight excluding hydrogens is 270 g/mol. The zero-order valence-corrected chi connectivity index (χ0v) is 11.8. The highest BCUT2D eigenvalue weighted by Crippen LogP contribution is 2.22. The minimum Gasteiger partial charge on any atom is -0.387 e. The molecule has 18 heavy (non-hydrogen) atoms.